The third-order valence-corrected chi connectivity index (χ3v) is 3.34. The lowest BCUT2D eigenvalue weighted by molar-refractivity contribution is 0.620. The number of hydrogen-bond acceptors (Lipinski definition) is 2. The lowest BCUT2D eigenvalue weighted by Gasteiger charge is -2.09. The fourth-order valence-electron chi connectivity index (χ4n) is 2.00. The normalized spacial score (nSPS) is 11.1. The average molecular weight is 296 g/mol. The van der Waals surface area contributed by atoms with E-state index >= 15 is 0 Å². The summed E-state index contributed by atoms with van der Waals surface area (Å²) in [4.78, 5) is 4.17. The fraction of sp³-hybridized carbons (Fsp3) is 0. The number of hydrogen-bond donors (Lipinski definition) is 1. The minimum absolute atomic E-state index is 0.157. The highest BCUT2D eigenvalue weighted by molar-refractivity contribution is 6.32. The minimum Gasteiger partial charge on any atom is -0.369 e. The Kier molecular flexibility index (Phi) is 2.84. The van der Waals surface area contributed by atoms with E-state index in [1.54, 1.807) is 24.3 Å². The first-order valence-corrected chi connectivity index (χ1v) is 6.21. The summed E-state index contributed by atoms with van der Waals surface area (Å²) in [6.07, 6.45) is 0. The van der Waals surface area contributed by atoms with Gasteiger partial charge in [-0.1, -0.05) is 29.3 Å². The van der Waals surface area contributed by atoms with Crippen LogP contribution in [0.25, 0.3) is 16.7 Å². The Morgan fingerprint density at radius 2 is 1.95 bits per heavy atom. The smallest absolute Gasteiger partial charge is 0.206 e. The number of para-hydroxylation sites is 1. The van der Waals surface area contributed by atoms with E-state index < -0.39 is 5.82 Å². The van der Waals surface area contributed by atoms with Gasteiger partial charge in [-0.25, -0.2) is 9.37 Å². The van der Waals surface area contributed by atoms with Gasteiger partial charge in [-0.05, 0) is 30.3 Å². The van der Waals surface area contributed by atoms with Crippen LogP contribution < -0.4 is 5.73 Å². The van der Waals surface area contributed by atoms with Crippen LogP contribution in [0.3, 0.4) is 0 Å². The van der Waals surface area contributed by atoms with Crippen LogP contribution in [0.4, 0.5) is 10.3 Å². The summed E-state index contributed by atoms with van der Waals surface area (Å²) in [5.74, 6) is -0.317. The average Bonchev–Trinajstić information content (AvgIpc) is 2.66. The van der Waals surface area contributed by atoms with Crippen LogP contribution in [0.15, 0.2) is 36.4 Å². The van der Waals surface area contributed by atoms with Crippen LogP contribution in [-0.2, 0) is 0 Å². The zero-order chi connectivity index (χ0) is 13.6. The number of anilines is 1. The Bertz CT molecular complexity index is 763. The second-order valence-corrected chi connectivity index (χ2v) is 4.85. The molecular weight excluding hydrogens is 288 g/mol. The second kappa shape index (κ2) is 4.40. The van der Waals surface area contributed by atoms with Gasteiger partial charge in [-0.15, -0.1) is 0 Å². The van der Waals surface area contributed by atoms with Gasteiger partial charge in [0.15, 0.2) is 0 Å². The van der Waals surface area contributed by atoms with E-state index in [0.717, 1.165) is 0 Å². The molecule has 6 heteroatoms. The maximum atomic E-state index is 14.0. The Morgan fingerprint density at radius 3 is 2.68 bits per heavy atom. The van der Waals surface area contributed by atoms with Gasteiger partial charge in [0, 0.05) is 5.02 Å². The molecule has 0 aliphatic rings. The van der Waals surface area contributed by atoms with Gasteiger partial charge in [0.25, 0.3) is 0 Å². The molecule has 1 aromatic heterocycles. The number of nitrogens with two attached hydrogens (primary N) is 1. The molecule has 0 saturated carbocycles. The first-order valence-electron chi connectivity index (χ1n) is 5.46. The largest absolute Gasteiger partial charge is 0.369 e. The first kappa shape index (κ1) is 12.3. The molecule has 96 valence electrons. The number of fused-ring (bicyclic) bond motifs is 1. The number of rotatable bonds is 1. The first-order chi connectivity index (χ1) is 9.08. The topological polar surface area (TPSA) is 43.8 Å². The van der Waals surface area contributed by atoms with Crippen LogP contribution in [0.1, 0.15) is 0 Å². The van der Waals surface area contributed by atoms with Crippen LogP contribution >= 0.6 is 23.2 Å². The highest BCUT2D eigenvalue weighted by atomic mass is 35.5. The third-order valence-electron chi connectivity index (χ3n) is 2.80. The van der Waals surface area contributed by atoms with E-state index in [4.69, 9.17) is 28.9 Å². The van der Waals surface area contributed by atoms with Crippen LogP contribution in [0.2, 0.25) is 10.0 Å². The van der Waals surface area contributed by atoms with Crippen LogP contribution in [0, 0.1) is 5.82 Å². The summed E-state index contributed by atoms with van der Waals surface area (Å²) in [6, 6.07) is 9.53. The molecule has 0 aliphatic carbocycles. The molecule has 0 radical (unpaired) electrons. The molecule has 3 aromatic rings. The van der Waals surface area contributed by atoms with Gasteiger partial charge < -0.3 is 5.73 Å². The summed E-state index contributed by atoms with van der Waals surface area (Å²) in [5.41, 5.74) is 7.26. The molecular formula is C13H8Cl2FN3. The van der Waals surface area contributed by atoms with E-state index in [2.05, 4.69) is 4.98 Å². The molecule has 0 bridgehead atoms. The van der Waals surface area contributed by atoms with Crippen LogP contribution in [-0.4, -0.2) is 9.55 Å². The summed E-state index contributed by atoms with van der Waals surface area (Å²) >= 11 is 12.0. The number of aromatic nitrogens is 2. The zero-order valence-electron chi connectivity index (χ0n) is 9.57. The lowest BCUT2D eigenvalue weighted by Crippen LogP contribution is -2.03. The van der Waals surface area contributed by atoms with E-state index in [1.165, 1.54) is 16.7 Å². The Balaban J connectivity index is 2.42. The Hall–Kier alpha value is -1.78. The van der Waals surface area contributed by atoms with Gasteiger partial charge in [-0.3, -0.25) is 4.57 Å². The van der Waals surface area contributed by atoms with Crippen molar-refractivity contribution in [1.29, 1.82) is 0 Å². The molecule has 0 saturated heterocycles. The molecule has 3 nitrogen and oxygen atoms in total. The van der Waals surface area contributed by atoms with Crippen molar-refractivity contribution in [2.45, 2.75) is 0 Å². The maximum absolute atomic E-state index is 14.0. The highest BCUT2D eigenvalue weighted by Gasteiger charge is 2.16. The van der Waals surface area contributed by atoms with Crippen molar-refractivity contribution < 1.29 is 4.39 Å². The van der Waals surface area contributed by atoms with Crippen molar-refractivity contribution in [2.24, 2.45) is 0 Å². The van der Waals surface area contributed by atoms with E-state index in [-0.39, 0.29) is 16.7 Å². The van der Waals surface area contributed by atoms with Crippen LogP contribution in [0.5, 0.6) is 0 Å². The Labute approximate surface area is 118 Å². The minimum atomic E-state index is -0.474. The number of benzene rings is 2. The quantitative estimate of drug-likeness (QED) is 0.736. The van der Waals surface area contributed by atoms with Crippen molar-refractivity contribution >= 4 is 40.2 Å². The van der Waals surface area contributed by atoms with E-state index in [0.29, 0.717) is 16.1 Å². The highest BCUT2D eigenvalue weighted by Crippen LogP contribution is 2.31. The van der Waals surface area contributed by atoms with Gasteiger partial charge in [0.2, 0.25) is 5.95 Å². The molecule has 0 amide bonds. The standard InChI is InChI=1S/C13H8Cl2FN3/c14-7-4-5-10-11(6-7)19(13(17)18-10)12-8(15)2-1-3-9(12)16/h1-6H,(H2,17,18). The predicted molar refractivity (Wildman–Crippen MR) is 75.5 cm³/mol. The van der Waals surface area contributed by atoms with Crippen molar-refractivity contribution in [3.05, 3.63) is 52.3 Å². The molecule has 0 aliphatic heterocycles. The molecule has 0 unspecified atom stereocenters. The van der Waals surface area contributed by atoms with Gasteiger partial charge in [0.1, 0.15) is 11.5 Å². The molecule has 3 rings (SSSR count). The zero-order valence-corrected chi connectivity index (χ0v) is 11.1. The van der Waals surface area contributed by atoms with Crippen molar-refractivity contribution in [3.8, 4) is 5.69 Å². The Morgan fingerprint density at radius 1 is 1.16 bits per heavy atom. The molecule has 2 aromatic carbocycles. The fourth-order valence-corrected chi connectivity index (χ4v) is 2.42. The van der Waals surface area contributed by atoms with E-state index in [1.807, 2.05) is 0 Å². The third kappa shape index (κ3) is 1.93. The number of imidazole rings is 1. The molecule has 0 atom stereocenters. The summed E-state index contributed by atoms with van der Waals surface area (Å²) in [5, 5.41) is 0.770. The predicted octanol–water partition coefficient (Wildman–Crippen LogP) is 4.05. The maximum Gasteiger partial charge on any atom is 0.206 e. The molecule has 2 N–H and O–H groups in total. The number of nitrogen functional groups attached to an aromatic ring is 1. The monoisotopic (exact) mass is 295 g/mol. The summed E-state index contributed by atoms with van der Waals surface area (Å²) < 4.78 is 15.5. The van der Waals surface area contributed by atoms with Gasteiger partial charge in [-0.2, -0.15) is 0 Å². The van der Waals surface area contributed by atoms with Gasteiger partial charge in [0.05, 0.1) is 16.1 Å². The SMILES string of the molecule is Nc1nc2ccc(Cl)cc2n1-c1c(F)cccc1Cl. The number of halogens is 3. The lowest BCUT2D eigenvalue weighted by atomic mass is 10.2. The van der Waals surface area contributed by atoms with Crippen molar-refractivity contribution in [3.63, 3.8) is 0 Å². The number of nitrogens with zero attached hydrogens (tertiary/aromatic N) is 2. The second-order valence-electron chi connectivity index (χ2n) is 4.01. The van der Waals surface area contributed by atoms with E-state index in [9.17, 15) is 4.39 Å². The molecule has 0 spiro atoms. The molecule has 1 heterocycles. The summed E-state index contributed by atoms with van der Waals surface area (Å²) in [6.45, 7) is 0. The summed E-state index contributed by atoms with van der Waals surface area (Å²) in [7, 11) is 0. The van der Waals surface area contributed by atoms with Crippen molar-refractivity contribution in [2.75, 3.05) is 5.73 Å². The molecule has 0 fully saturated rings. The van der Waals surface area contributed by atoms with Gasteiger partial charge >= 0.3 is 0 Å². The molecule has 19 heavy (non-hydrogen) atoms. The van der Waals surface area contributed by atoms with Crippen molar-refractivity contribution in [1.82, 2.24) is 9.55 Å².